The Morgan fingerprint density at radius 2 is 1.97 bits per heavy atom. The molecule has 1 aromatic carbocycles. The Kier molecular flexibility index (Phi) is 5.01. The maximum atomic E-state index is 5.42. The van der Waals surface area contributed by atoms with Crippen molar-refractivity contribution in [3.05, 3.63) is 59.1 Å². The SMILES string of the molecule is Cc1csc(-c2nc(Nc3ccc(CN4CCOCC4)cc3)nc3[nH]ccc23)c1. The van der Waals surface area contributed by atoms with Gasteiger partial charge in [-0.3, -0.25) is 4.90 Å². The molecule has 148 valence electrons. The summed E-state index contributed by atoms with van der Waals surface area (Å²) in [5, 5.41) is 6.55. The zero-order valence-corrected chi connectivity index (χ0v) is 17.1. The molecule has 7 heteroatoms. The van der Waals surface area contributed by atoms with Crippen molar-refractivity contribution in [2.24, 2.45) is 0 Å². The lowest BCUT2D eigenvalue weighted by Crippen LogP contribution is -2.35. The molecule has 0 amide bonds. The molecule has 5 rings (SSSR count). The zero-order valence-electron chi connectivity index (χ0n) is 16.3. The largest absolute Gasteiger partial charge is 0.379 e. The van der Waals surface area contributed by atoms with Crippen LogP contribution in [0.15, 0.2) is 48.0 Å². The predicted octanol–water partition coefficient (Wildman–Crippen LogP) is 4.57. The van der Waals surface area contributed by atoms with Crippen molar-refractivity contribution in [1.82, 2.24) is 19.9 Å². The Hall–Kier alpha value is -2.74. The summed E-state index contributed by atoms with van der Waals surface area (Å²) in [6.45, 7) is 6.70. The van der Waals surface area contributed by atoms with Crippen LogP contribution in [0, 0.1) is 6.92 Å². The molecule has 0 unspecified atom stereocenters. The van der Waals surface area contributed by atoms with E-state index in [-0.39, 0.29) is 0 Å². The molecule has 3 aromatic heterocycles. The summed E-state index contributed by atoms with van der Waals surface area (Å²) in [5.74, 6) is 0.599. The summed E-state index contributed by atoms with van der Waals surface area (Å²) in [4.78, 5) is 16.2. The highest BCUT2D eigenvalue weighted by molar-refractivity contribution is 7.13. The van der Waals surface area contributed by atoms with E-state index in [0.29, 0.717) is 5.95 Å². The second kappa shape index (κ2) is 7.94. The van der Waals surface area contributed by atoms with Crippen molar-refractivity contribution in [2.75, 3.05) is 31.6 Å². The fourth-order valence-electron chi connectivity index (χ4n) is 3.58. The molecule has 0 saturated carbocycles. The van der Waals surface area contributed by atoms with Crippen LogP contribution in [0.3, 0.4) is 0 Å². The first-order valence-corrected chi connectivity index (χ1v) is 10.7. The van der Waals surface area contributed by atoms with Gasteiger partial charge in [-0.2, -0.15) is 4.98 Å². The van der Waals surface area contributed by atoms with Crippen molar-refractivity contribution >= 4 is 34.0 Å². The number of morpholine rings is 1. The van der Waals surface area contributed by atoms with Gasteiger partial charge < -0.3 is 15.0 Å². The number of aryl methyl sites for hydroxylation is 1. The summed E-state index contributed by atoms with van der Waals surface area (Å²) in [5.41, 5.74) is 5.33. The van der Waals surface area contributed by atoms with Crippen molar-refractivity contribution in [3.8, 4) is 10.6 Å². The number of nitrogens with zero attached hydrogens (tertiary/aromatic N) is 3. The Balaban J connectivity index is 1.37. The van der Waals surface area contributed by atoms with Gasteiger partial charge in [-0.1, -0.05) is 12.1 Å². The topological polar surface area (TPSA) is 66.1 Å². The lowest BCUT2D eigenvalue weighted by Gasteiger charge is -2.26. The predicted molar refractivity (Wildman–Crippen MR) is 118 cm³/mol. The van der Waals surface area contributed by atoms with Crippen molar-refractivity contribution in [2.45, 2.75) is 13.5 Å². The smallest absolute Gasteiger partial charge is 0.229 e. The number of hydrogen-bond acceptors (Lipinski definition) is 6. The molecule has 1 aliphatic rings. The number of aromatic amines is 1. The lowest BCUT2D eigenvalue weighted by atomic mass is 10.2. The van der Waals surface area contributed by atoms with E-state index in [2.05, 4.69) is 62.8 Å². The van der Waals surface area contributed by atoms with Crippen molar-refractivity contribution in [1.29, 1.82) is 0 Å². The number of aromatic nitrogens is 3. The van der Waals surface area contributed by atoms with Crippen LogP contribution in [0.5, 0.6) is 0 Å². The summed E-state index contributed by atoms with van der Waals surface area (Å²) >= 11 is 1.71. The zero-order chi connectivity index (χ0) is 19.6. The summed E-state index contributed by atoms with van der Waals surface area (Å²) in [7, 11) is 0. The van der Waals surface area contributed by atoms with Crippen LogP contribution >= 0.6 is 11.3 Å². The minimum atomic E-state index is 0.599. The van der Waals surface area contributed by atoms with E-state index in [4.69, 9.17) is 9.72 Å². The minimum absolute atomic E-state index is 0.599. The second-order valence-corrected chi connectivity index (χ2v) is 8.25. The highest BCUT2D eigenvalue weighted by atomic mass is 32.1. The number of anilines is 2. The van der Waals surface area contributed by atoms with Gasteiger partial charge in [0.2, 0.25) is 5.95 Å². The molecular formula is C22H23N5OS. The van der Waals surface area contributed by atoms with Crippen LogP contribution in [0.2, 0.25) is 0 Å². The molecule has 0 aliphatic carbocycles. The van der Waals surface area contributed by atoms with Crippen LogP contribution in [-0.4, -0.2) is 46.2 Å². The summed E-state index contributed by atoms with van der Waals surface area (Å²) < 4.78 is 5.42. The number of fused-ring (bicyclic) bond motifs is 1. The van der Waals surface area contributed by atoms with E-state index < -0.39 is 0 Å². The van der Waals surface area contributed by atoms with Crippen LogP contribution in [-0.2, 0) is 11.3 Å². The summed E-state index contributed by atoms with van der Waals surface area (Å²) in [6.07, 6.45) is 1.91. The number of hydrogen-bond donors (Lipinski definition) is 2. The van der Waals surface area contributed by atoms with E-state index >= 15 is 0 Å². The Morgan fingerprint density at radius 1 is 1.14 bits per heavy atom. The normalized spacial score (nSPS) is 15.1. The maximum Gasteiger partial charge on any atom is 0.229 e. The van der Waals surface area contributed by atoms with E-state index in [1.807, 2.05) is 12.3 Å². The fraction of sp³-hybridized carbons (Fsp3) is 0.273. The molecule has 6 nitrogen and oxygen atoms in total. The average molecular weight is 406 g/mol. The third-order valence-corrected chi connectivity index (χ3v) is 6.15. The number of rotatable bonds is 5. The van der Waals surface area contributed by atoms with Gasteiger partial charge in [-0.05, 0) is 47.7 Å². The molecule has 4 heterocycles. The summed E-state index contributed by atoms with van der Waals surface area (Å²) in [6, 6.07) is 12.7. The van der Waals surface area contributed by atoms with Gasteiger partial charge in [0.1, 0.15) is 5.65 Å². The minimum Gasteiger partial charge on any atom is -0.379 e. The monoisotopic (exact) mass is 405 g/mol. The van der Waals surface area contributed by atoms with Gasteiger partial charge in [0.05, 0.1) is 23.8 Å². The van der Waals surface area contributed by atoms with E-state index in [0.717, 1.165) is 60.1 Å². The van der Waals surface area contributed by atoms with Gasteiger partial charge >= 0.3 is 0 Å². The molecule has 29 heavy (non-hydrogen) atoms. The highest BCUT2D eigenvalue weighted by Gasteiger charge is 2.13. The van der Waals surface area contributed by atoms with E-state index in [1.165, 1.54) is 11.1 Å². The third kappa shape index (κ3) is 4.03. The van der Waals surface area contributed by atoms with Crippen molar-refractivity contribution < 1.29 is 4.74 Å². The second-order valence-electron chi connectivity index (χ2n) is 7.33. The molecule has 2 N–H and O–H groups in total. The molecular weight excluding hydrogens is 382 g/mol. The van der Waals surface area contributed by atoms with Crippen molar-refractivity contribution in [3.63, 3.8) is 0 Å². The number of ether oxygens (including phenoxy) is 1. The van der Waals surface area contributed by atoms with Crippen LogP contribution in [0.4, 0.5) is 11.6 Å². The first kappa shape index (κ1) is 18.3. The number of benzene rings is 1. The standard InChI is InChI=1S/C22H23N5OS/c1-15-12-19(29-14-15)20-18-6-7-23-21(18)26-22(25-20)24-17-4-2-16(3-5-17)13-27-8-10-28-11-9-27/h2-7,12,14H,8-11,13H2,1H3,(H2,23,24,25,26). The first-order valence-electron chi connectivity index (χ1n) is 9.81. The number of nitrogens with one attached hydrogen (secondary N) is 2. The van der Waals surface area contributed by atoms with Crippen LogP contribution in [0.1, 0.15) is 11.1 Å². The first-order chi connectivity index (χ1) is 14.2. The lowest BCUT2D eigenvalue weighted by molar-refractivity contribution is 0.0342. The molecule has 0 atom stereocenters. The molecule has 1 fully saturated rings. The number of thiophene rings is 1. The number of H-pyrrole nitrogens is 1. The van der Waals surface area contributed by atoms with Gasteiger partial charge in [0.25, 0.3) is 0 Å². The average Bonchev–Trinajstić information content (AvgIpc) is 3.38. The van der Waals surface area contributed by atoms with E-state index in [9.17, 15) is 0 Å². The Bertz CT molecular complexity index is 1110. The molecule has 1 aliphatic heterocycles. The van der Waals surface area contributed by atoms with Gasteiger partial charge in [0, 0.05) is 36.9 Å². The molecule has 4 aromatic rings. The van der Waals surface area contributed by atoms with E-state index in [1.54, 1.807) is 11.3 Å². The maximum absolute atomic E-state index is 5.42. The third-order valence-electron chi connectivity index (χ3n) is 5.10. The molecule has 0 bridgehead atoms. The van der Waals surface area contributed by atoms with Gasteiger partial charge in [0.15, 0.2) is 0 Å². The quantitative estimate of drug-likeness (QED) is 0.509. The molecule has 1 saturated heterocycles. The molecule has 0 radical (unpaired) electrons. The Labute approximate surface area is 173 Å². The fourth-order valence-corrected chi connectivity index (χ4v) is 4.48. The van der Waals surface area contributed by atoms with Gasteiger partial charge in [-0.25, -0.2) is 4.98 Å². The van der Waals surface area contributed by atoms with Crippen LogP contribution in [0.25, 0.3) is 21.6 Å². The molecule has 0 spiro atoms. The Morgan fingerprint density at radius 3 is 2.72 bits per heavy atom. The van der Waals surface area contributed by atoms with Gasteiger partial charge in [-0.15, -0.1) is 11.3 Å². The van der Waals surface area contributed by atoms with Crippen LogP contribution < -0.4 is 5.32 Å². The highest BCUT2D eigenvalue weighted by Crippen LogP contribution is 2.32.